The minimum absolute atomic E-state index is 0.103. The molecule has 0 radical (unpaired) electrons. The van der Waals surface area contributed by atoms with Crippen molar-refractivity contribution in [3.63, 3.8) is 0 Å². The Morgan fingerprint density at radius 1 is 1.20 bits per heavy atom. The van der Waals surface area contributed by atoms with Gasteiger partial charge in [0, 0.05) is 12.3 Å². The molecule has 138 valence electrons. The molecule has 0 bridgehead atoms. The van der Waals surface area contributed by atoms with Crippen LogP contribution in [0, 0.1) is 28.6 Å². The van der Waals surface area contributed by atoms with Crippen LogP contribution in [0.3, 0.4) is 0 Å². The average molecular weight is 456 g/mol. The van der Waals surface area contributed by atoms with Crippen molar-refractivity contribution >= 4 is 34.3 Å². The molecule has 3 saturated carbocycles. The van der Waals surface area contributed by atoms with Gasteiger partial charge in [0.1, 0.15) is 6.10 Å². The molecule has 0 saturated heterocycles. The predicted molar refractivity (Wildman–Crippen MR) is 105 cm³/mol. The van der Waals surface area contributed by atoms with Gasteiger partial charge in [0.05, 0.1) is 3.92 Å². The van der Waals surface area contributed by atoms with Crippen molar-refractivity contribution in [2.45, 2.75) is 75.7 Å². The molecule has 0 aliphatic heterocycles. The van der Waals surface area contributed by atoms with E-state index in [9.17, 15) is 9.59 Å². The smallest absolute Gasteiger partial charge is 0.302 e. The number of rotatable bonds is 1. The molecule has 7 atom stereocenters. The Morgan fingerprint density at radius 3 is 2.68 bits per heavy atom. The maximum absolute atomic E-state index is 12.2. The van der Waals surface area contributed by atoms with Crippen molar-refractivity contribution in [3.05, 3.63) is 11.6 Å². The molecule has 4 heteroatoms. The third kappa shape index (κ3) is 2.64. The summed E-state index contributed by atoms with van der Waals surface area (Å²) in [4.78, 5) is 23.7. The van der Waals surface area contributed by atoms with Crippen LogP contribution < -0.4 is 0 Å². The molecule has 4 aliphatic rings. The number of carbonyl (C=O) groups excluding carboxylic acids is 2. The third-order valence-corrected chi connectivity index (χ3v) is 9.24. The Kier molecular flexibility index (Phi) is 4.37. The minimum atomic E-state index is -0.131. The predicted octanol–water partition coefficient (Wildman–Crippen LogP) is 4.86. The lowest BCUT2D eigenvalue weighted by molar-refractivity contribution is -0.157. The zero-order valence-corrected chi connectivity index (χ0v) is 17.7. The first kappa shape index (κ1) is 18.0. The molecule has 0 heterocycles. The summed E-state index contributed by atoms with van der Waals surface area (Å²) in [6.45, 7) is 6.34. The van der Waals surface area contributed by atoms with E-state index in [1.807, 2.05) is 6.08 Å². The van der Waals surface area contributed by atoms with Crippen molar-refractivity contribution in [3.8, 4) is 0 Å². The van der Waals surface area contributed by atoms with Gasteiger partial charge in [-0.1, -0.05) is 42.0 Å². The lowest BCUT2D eigenvalue weighted by atomic mass is 9.47. The molecular weight excluding hydrogens is 427 g/mol. The fourth-order valence-electron chi connectivity index (χ4n) is 6.93. The first-order valence-electron chi connectivity index (χ1n) is 9.82. The van der Waals surface area contributed by atoms with Crippen LogP contribution in [0.5, 0.6) is 0 Å². The van der Waals surface area contributed by atoms with E-state index in [-0.39, 0.29) is 26.8 Å². The van der Waals surface area contributed by atoms with Crippen LogP contribution in [-0.2, 0) is 14.3 Å². The molecule has 25 heavy (non-hydrogen) atoms. The topological polar surface area (TPSA) is 43.4 Å². The van der Waals surface area contributed by atoms with Crippen molar-refractivity contribution in [1.82, 2.24) is 0 Å². The van der Waals surface area contributed by atoms with E-state index in [2.05, 4.69) is 36.4 Å². The maximum atomic E-state index is 12.2. The largest absolute Gasteiger partial charge is 0.462 e. The highest BCUT2D eigenvalue weighted by atomic mass is 127. The molecule has 1 unspecified atom stereocenters. The zero-order chi connectivity index (χ0) is 18.0. The fourth-order valence-corrected chi connectivity index (χ4v) is 8.02. The highest BCUT2D eigenvalue weighted by molar-refractivity contribution is 14.1. The monoisotopic (exact) mass is 456 g/mol. The molecule has 0 N–H and O–H groups in total. The minimum Gasteiger partial charge on any atom is -0.462 e. The Bertz CT molecular complexity index is 641. The van der Waals surface area contributed by atoms with Gasteiger partial charge in [-0.25, -0.2) is 0 Å². The molecule has 4 aliphatic carbocycles. The van der Waals surface area contributed by atoms with Crippen LogP contribution in [0.15, 0.2) is 11.6 Å². The molecule has 0 aromatic rings. The summed E-state index contributed by atoms with van der Waals surface area (Å²) in [7, 11) is 0. The van der Waals surface area contributed by atoms with E-state index in [1.165, 1.54) is 24.8 Å². The molecule has 0 amide bonds. The lowest BCUT2D eigenvalue weighted by Gasteiger charge is -2.58. The van der Waals surface area contributed by atoms with Crippen LogP contribution in [-0.4, -0.2) is 21.8 Å². The van der Waals surface area contributed by atoms with E-state index < -0.39 is 0 Å². The van der Waals surface area contributed by atoms with Gasteiger partial charge in [-0.2, -0.15) is 0 Å². The van der Waals surface area contributed by atoms with Crippen LogP contribution in [0.25, 0.3) is 0 Å². The number of hydrogen-bond acceptors (Lipinski definition) is 3. The number of fused-ring (bicyclic) bond motifs is 5. The first-order valence-corrected chi connectivity index (χ1v) is 11.1. The number of carbonyl (C=O) groups is 2. The third-order valence-electron chi connectivity index (χ3n) is 8.19. The van der Waals surface area contributed by atoms with Gasteiger partial charge < -0.3 is 4.74 Å². The Hall–Kier alpha value is -0.390. The van der Waals surface area contributed by atoms with Crippen LogP contribution in [0.2, 0.25) is 0 Å². The highest BCUT2D eigenvalue weighted by Gasteiger charge is 2.60. The fraction of sp³-hybridized carbons (Fsp3) is 0.810. The normalized spacial score (nSPS) is 48.9. The van der Waals surface area contributed by atoms with Crippen LogP contribution >= 0.6 is 22.6 Å². The van der Waals surface area contributed by atoms with Crippen LogP contribution in [0.4, 0.5) is 0 Å². The van der Waals surface area contributed by atoms with E-state index in [4.69, 9.17) is 4.74 Å². The van der Waals surface area contributed by atoms with Crippen molar-refractivity contribution in [2.24, 2.45) is 28.6 Å². The van der Waals surface area contributed by atoms with E-state index in [0.29, 0.717) is 17.6 Å². The number of halogens is 1. The molecular formula is C21H29IO3. The second kappa shape index (κ2) is 6.07. The first-order chi connectivity index (χ1) is 11.8. The van der Waals surface area contributed by atoms with E-state index >= 15 is 0 Å². The summed E-state index contributed by atoms with van der Waals surface area (Å²) >= 11 is 2.34. The summed E-state index contributed by atoms with van der Waals surface area (Å²) in [5, 5.41) is 0. The summed E-state index contributed by atoms with van der Waals surface area (Å²) in [5.74, 6) is 2.26. The second-order valence-corrected chi connectivity index (χ2v) is 10.8. The standard InChI is InChI=1S/C21H29IO3/c1-12(23)25-19-7-6-15-14-5-4-13-10-18(24)17(22)11-21(13,3)16(14)8-9-20(15,19)2/h10,14-17,19H,4-9,11H2,1-3H3/t14-,15-,16-,17?,19-,20-,21-/m0/s1. The number of hydrogen-bond donors (Lipinski definition) is 0. The SMILES string of the molecule is CC(=O)O[C@H]1CC[C@H]2[C@@H]3CCC4=CC(=O)C(I)C[C@]4(C)[C@H]3CC[C@]12C. The quantitative estimate of drug-likeness (QED) is 0.322. The van der Waals surface area contributed by atoms with Gasteiger partial charge in [-0.15, -0.1) is 0 Å². The number of ketones is 1. The highest BCUT2D eigenvalue weighted by Crippen LogP contribution is 2.65. The Labute approximate surface area is 164 Å². The maximum Gasteiger partial charge on any atom is 0.302 e. The Balaban J connectivity index is 1.63. The molecule has 4 rings (SSSR count). The molecule has 3 nitrogen and oxygen atoms in total. The lowest BCUT2D eigenvalue weighted by Crippen LogP contribution is -2.52. The summed E-state index contributed by atoms with van der Waals surface area (Å²) in [6.07, 6.45) is 9.97. The number of ether oxygens (including phenoxy) is 1. The average Bonchev–Trinajstić information content (AvgIpc) is 2.85. The van der Waals surface area contributed by atoms with Gasteiger partial charge >= 0.3 is 5.97 Å². The van der Waals surface area contributed by atoms with Crippen LogP contribution in [0.1, 0.15) is 65.7 Å². The molecule has 0 spiro atoms. The molecule has 0 aromatic heterocycles. The molecule has 3 fully saturated rings. The van der Waals surface area contributed by atoms with Crippen molar-refractivity contribution in [2.75, 3.05) is 0 Å². The van der Waals surface area contributed by atoms with E-state index in [0.717, 1.165) is 31.6 Å². The van der Waals surface area contributed by atoms with Crippen molar-refractivity contribution in [1.29, 1.82) is 0 Å². The van der Waals surface area contributed by atoms with Gasteiger partial charge in [-0.3, -0.25) is 9.59 Å². The summed E-state index contributed by atoms with van der Waals surface area (Å²) in [5.41, 5.74) is 1.77. The second-order valence-electron chi connectivity index (χ2n) is 9.30. The van der Waals surface area contributed by atoms with E-state index in [1.54, 1.807) is 6.92 Å². The Morgan fingerprint density at radius 2 is 1.96 bits per heavy atom. The van der Waals surface area contributed by atoms with Gasteiger partial charge in [0.15, 0.2) is 5.78 Å². The molecule has 0 aromatic carbocycles. The summed E-state index contributed by atoms with van der Waals surface area (Å²) < 4.78 is 5.87. The number of esters is 1. The van der Waals surface area contributed by atoms with Gasteiger partial charge in [0.2, 0.25) is 0 Å². The summed E-state index contributed by atoms with van der Waals surface area (Å²) in [6, 6.07) is 0. The number of allylic oxidation sites excluding steroid dienone is 1. The zero-order valence-electron chi connectivity index (χ0n) is 15.5. The number of alkyl halides is 1. The van der Waals surface area contributed by atoms with Gasteiger partial charge in [0.25, 0.3) is 0 Å². The van der Waals surface area contributed by atoms with Gasteiger partial charge in [-0.05, 0) is 74.2 Å². The van der Waals surface area contributed by atoms with Crippen molar-refractivity contribution < 1.29 is 14.3 Å².